The fraction of sp³-hybridized carbons (Fsp3) is 0.650. The number of halogens is 1. The Morgan fingerprint density at radius 2 is 2.08 bits per heavy atom. The Labute approximate surface area is 156 Å². The maximum atomic E-state index is 13.2. The normalized spacial score (nSPS) is 27.7. The summed E-state index contributed by atoms with van der Waals surface area (Å²) < 4.78 is 19.0. The molecule has 3 rings (SSSR count). The third-order valence-electron chi connectivity index (χ3n) is 5.59. The van der Waals surface area contributed by atoms with Gasteiger partial charge in [0.15, 0.2) is 5.96 Å². The fourth-order valence-electron chi connectivity index (χ4n) is 4.18. The minimum Gasteiger partial charge on any atom is -0.489 e. The Balaban J connectivity index is 1.46. The number of hydrogen-bond donors (Lipinski definition) is 2. The van der Waals surface area contributed by atoms with Crippen molar-refractivity contribution in [2.75, 3.05) is 20.6 Å². The van der Waals surface area contributed by atoms with Crippen molar-refractivity contribution in [1.82, 2.24) is 15.5 Å². The molecule has 1 aromatic rings. The molecule has 1 aromatic carbocycles. The molecule has 2 fully saturated rings. The first-order chi connectivity index (χ1) is 12.5. The number of rotatable bonds is 5. The third kappa shape index (κ3) is 4.87. The maximum Gasteiger partial charge on any atom is 0.191 e. The lowest BCUT2D eigenvalue weighted by atomic mass is 9.82. The Kier molecular flexibility index (Phi) is 6.35. The van der Waals surface area contributed by atoms with Crippen LogP contribution in [0.25, 0.3) is 0 Å². The summed E-state index contributed by atoms with van der Waals surface area (Å²) in [5.41, 5.74) is 0. The summed E-state index contributed by atoms with van der Waals surface area (Å²) in [5, 5.41) is 6.91. The van der Waals surface area contributed by atoms with Gasteiger partial charge in [0.1, 0.15) is 17.7 Å². The van der Waals surface area contributed by atoms with Crippen molar-refractivity contribution in [3.05, 3.63) is 30.1 Å². The predicted molar refractivity (Wildman–Crippen MR) is 103 cm³/mol. The quantitative estimate of drug-likeness (QED) is 0.625. The number of fused-ring (bicyclic) bond motifs is 2. The molecule has 2 heterocycles. The largest absolute Gasteiger partial charge is 0.489 e. The summed E-state index contributed by atoms with van der Waals surface area (Å²) in [4.78, 5) is 6.92. The van der Waals surface area contributed by atoms with Crippen molar-refractivity contribution in [3.8, 4) is 5.75 Å². The van der Waals surface area contributed by atoms with Crippen LogP contribution in [0.1, 0.15) is 39.0 Å². The average Bonchev–Trinajstić information content (AvgIpc) is 2.59. The van der Waals surface area contributed by atoms with Gasteiger partial charge in [-0.3, -0.25) is 4.99 Å². The van der Waals surface area contributed by atoms with Gasteiger partial charge in [-0.25, -0.2) is 4.39 Å². The van der Waals surface area contributed by atoms with Crippen LogP contribution in [0.2, 0.25) is 0 Å². The van der Waals surface area contributed by atoms with Crippen LogP contribution in [-0.4, -0.2) is 55.7 Å². The summed E-state index contributed by atoms with van der Waals surface area (Å²) in [6, 6.07) is 8.08. The molecule has 0 spiro atoms. The molecule has 2 bridgehead atoms. The van der Waals surface area contributed by atoms with Crippen LogP contribution in [-0.2, 0) is 0 Å². The smallest absolute Gasteiger partial charge is 0.191 e. The molecule has 3 unspecified atom stereocenters. The highest BCUT2D eigenvalue weighted by Gasteiger charge is 2.36. The number of guanidine groups is 1. The van der Waals surface area contributed by atoms with Crippen molar-refractivity contribution in [3.63, 3.8) is 0 Å². The molecule has 2 N–H and O–H groups in total. The van der Waals surface area contributed by atoms with Crippen LogP contribution in [0.5, 0.6) is 5.75 Å². The number of aliphatic imine (C=N–C) groups is 1. The minimum atomic E-state index is -0.284. The summed E-state index contributed by atoms with van der Waals surface area (Å²) in [5.74, 6) is 1.07. The van der Waals surface area contributed by atoms with E-state index in [1.165, 1.54) is 44.2 Å². The molecule has 0 saturated carbocycles. The first-order valence-electron chi connectivity index (χ1n) is 9.66. The van der Waals surface area contributed by atoms with Gasteiger partial charge in [0.25, 0.3) is 0 Å². The van der Waals surface area contributed by atoms with E-state index in [1.54, 1.807) is 19.2 Å². The molecular formula is C20H31FN4O. The van der Waals surface area contributed by atoms with Gasteiger partial charge in [-0.15, -0.1) is 0 Å². The van der Waals surface area contributed by atoms with Gasteiger partial charge in [-0.2, -0.15) is 0 Å². The maximum absolute atomic E-state index is 13.2. The molecule has 3 atom stereocenters. The van der Waals surface area contributed by atoms with Gasteiger partial charge in [0.05, 0.1) is 6.54 Å². The molecule has 2 saturated heterocycles. The Hall–Kier alpha value is -1.82. The molecule has 2 aliphatic rings. The zero-order valence-electron chi connectivity index (χ0n) is 16.0. The van der Waals surface area contributed by atoms with E-state index in [1.807, 2.05) is 6.92 Å². The fourth-order valence-corrected chi connectivity index (χ4v) is 4.18. The molecule has 26 heavy (non-hydrogen) atoms. The number of hydrogen-bond acceptors (Lipinski definition) is 3. The second-order valence-corrected chi connectivity index (χ2v) is 7.56. The zero-order valence-corrected chi connectivity index (χ0v) is 16.0. The summed E-state index contributed by atoms with van der Waals surface area (Å²) in [7, 11) is 4.06. The van der Waals surface area contributed by atoms with Crippen LogP contribution >= 0.6 is 0 Å². The van der Waals surface area contributed by atoms with Crippen molar-refractivity contribution in [2.45, 2.75) is 63.3 Å². The number of nitrogens with one attached hydrogen (secondary N) is 2. The van der Waals surface area contributed by atoms with Crippen molar-refractivity contribution in [2.24, 2.45) is 4.99 Å². The van der Waals surface area contributed by atoms with Gasteiger partial charge < -0.3 is 20.3 Å². The van der Waals surface area contributed by atoms with Gasteiger partial charge in [0, 0.05) is 31.2 Å². The summed E-state index contributed by atoms with van der Waals surface area (Å²) in [6.45, 7) is 2.57. The Morgan fingerprint density at radius 1 is 1.35 bits per heavy atom. The topological polar surface area (TPSA) is 48.9 Å². The molecule has 0 aliphatic carbocycles. The first kappa shape index (κ1) is 19.0. The number of ether oxygens (including phenoxy) is 1. The number of nitrogens with zero attached hydrogens (tertiary/aromatic N) is 2. The SMILES string of the molecule is CN=C(NCC(C)Oc1cccc(F)c1)NC1CC2CCCC(C1)N2C. The monoisotopic (exact) mass is 362 g/mol. The van der Waals surface area contributed by atoms with Crippen molar-refractivity contribution in [1.29, 1.82) is 0 Å². The van der Waals surface area contributed by atoms with Gasteiger partial charge >= 0.3 is 0 Å². The lowest BCUT2D eigenvalue weighted by molar-refractivity contribution is 0.0526. The summed E-state index contributed by atoms with van der Waals surface area (Å²) >= 11 is 0. The first-order valence-corrected chi connectivity index (χ1v) is 9.66. The Bertz CT molecular complexity index is 610. The highest BCUT2D eigenvalue weighted by Crippen LogP contribution is 2.32. The minimum absolute atomic E-state index is 0.0905. The molecular weight excluding hydrogens is 331 g/mol. The molecule has 144 valence electrons. The average molecular weight is 362 g/mol. The second kappa shape index (κ2) is 8.71. The van der Waals surface area contributed by atoms with E-state index in [-0.39, 0.29) is 11.9 Å². The lowest BCUT2D eigenvalue weighted by Gasteiger charge is -2.47. The highest BCUT2D eigenvalue weighted by atomic mass is 19.1. The lowest BCUT2D eigenvalue weighted by Crippen LogP contribution is -2.57. The molecule has 0 radical (unpaired) electrons. The molecule has 5 nitrogen and oxygen atoms in total. The van der Waals surface area contributed by atoms with Crippen molar-refractivity contribution < 1.29 is 9.13 Å². The zero-order chi connectivity index (χ0) is 18.5. The van der Waals surface area contributed by atoms with E-state index in [9.17, 15) is 4.39 Å². The third-order valence-corrected chi connectivity index (χ3v) is 5.59. The standard InChI is InChI=1S/C20H31FN4O/c1-14(26-19-9-4-6-15(21)10-19)13-23-20(22-2)24-16-11-17-7-5-8-18(12-16)25(17)3/h4,6,9-10,14,16-18H,5,7-8,11-13H2,1-3H3,(H2,22,23,24). The van der Waals surface area contributed by atoms with Gasteiger partial charge in [-0.1, -0.05) is 12.5 Å². The second-order valence-electron chi connectivity index (χ2n) is 7.56. The molecule has 0 amide bonds. The van der Waals surface area contributed by atoms with Crippen molar-refractivity contribution >= 4 is 5.96 Å². The van der Waals surface area contributed by atoms with Crippen LogP contribution in [0.15, 0.2) is 29.3 Å². The van der Waals surface area contributed by atoms with E-state index in [0.29, 0.717) is 30.4 Å². The van der Waals surface area contributed by atoms with Crippen LogP contribution in [0.4, 0.5) is 4.39 Å². The highest BCUT2D eigenvalue weighted by molar-refractivity contribution is 5.80. The van der Waals surface area contributed by atoms with Gasteiger partial charge in [0.2, 0.25) is 0 Å². The van der Waals surface area contributed by atoms with E-state index in [2.05, 4.69) is 27.6 Å². The molecule has 0 aromatic heterocycles. The molecule has 6 heteroatoms. The van der Waals surface area contributed by atoms with Crippen LogP contribution in [0, 0.1) is 5.82 Å². The van der Waals surface area contributed by atoms with Gasteiger partial charge in [-0.05, 0) is 51.8 Å². The van der Waals surface area contributed by atoms with E-state index in [0.717, 1.165) is 5.96 Å². The number of piperidine rings is 2. The van der Waals surface area contributed by atoms with E-state index < -0.39 is 0 Å². The Morgan fingerprint density at radius 3 is 2.73 bits per heavy atom. The van der Waals surface area contributed by atoms with E-state index in [4.69, 9.17) is 4.74 Å². The number of benzene rings is 1. The summed E-state index contributed by atoms with van der Waals surface area (Å²) in [6.07, 6.45) is 6.21. The molecule has 2 aliphatic heterocycles. The van der Waals surface area contributed by atoms with Crippen LogP contribution < -0.4 is 15.4 Å². The van der Waals surface area contributed by atoms with E-state index >= 15 is 0 Å². The predicted octanol–water partition coefficient (Wildman–Crippen LogP) is 2.77. The van der Waals surface area contributed by atoms with Crippen LogP contribution in [0.3, 0.4) is 0 Å².